The van der Waals surface area contributed by atoms with Gasteiger partial charge in [0.2, 0.25) is 20.0 Å². The second-order valence-corrected chi connectivity index (χ2v) is 10.6. The molecular formula is C20H26N2O4S2. The predicted molar refractivity (Wildman–Crippen MR) is 109 cm³/mol. The number of hydrogen-bond acceptors (Lipinski definition) is 4. The van der Waals surface area contributed by atoms with Gasteiger partial charge in [-0.2, -0.15) is 0 Å². The molecule has 1 atom stereocenters. The van der Waals surface area contributed by atoms with E-state index in [9.17, 15) is 16.8 Å². The van der Waals surface area contributed by atoms with E-state index >= 15 is 0 Å². The molecule has 1 aliphatic carbocycles. The van der Waals surface area contributed by atoms with E-state index in [0.717, 1.165) is 12.8 Å². The van der Waals surface area contributed by atoms with Crippen molar-refractivity contribution in [2.75, 3.05) is 0 Å². The van der Waals surface area contributed by atoms with E-state index < -0.39 is 26.1 Å². The second-order valence-electron chi connectivity index (χ2n) is 7.36. The Balaban J connectivity index is 1.72. The van der Waals surface area contributed by atoms with Crippen LogP contribution >= 0.6 is 0 Å². The Morgan fingerprint density at radius 1 is 0.857 bits per heavy atom. The van der Waals surface area contributed by atoms with Crippen molar-refractivity contribution in [1.82, 2.24) is 4.72 Å². The minimum Gasteiger partial charge on any atom is -0.225 e. The van der Waals surface area contributed by atoms with Gasteiger partial charge in [-0.25, -0.2) is 26.7 Å². The summed E-state index contributed by atoms with van der Waals surface area (Å²) in [5.41, 5.74) is 1.85. The lowest BCUT2D eigenvalue weighted by Crippen LogP contribution is -2.27. The van der Waals surface area contributed by atoms with Gasteiger partial charge in [-0.15, -0.1) is 0 Å². The average Bonchev–Trinajstić information content (AvgIpc) is 2.68. The van der Waals surface area contributed by atoms with Gasteiger partial charge in [0.25, 0.3) is 0 Å². The molecule has 0 spiro atoms. The lowest BCUT2D eigenvalue weighted by Gasteiger charge is -2.22. The standard InChI is InChI=1S/C20H26N2O4S2/c1-15(16-7-11-19(12-8-16)27(21,23)24)22-28(25,26)20-13-9-18(10-14-20)17-5-3-2-4-6-17/h7-15,17,22H,2-6H2,1H3,(H2,21,23,24)/t15-/m0/s1. The third kappa shape index (κ3) is 5.00. The largest absolute Gasteiger partial charge is 0.241 e. The Bertz CT molecular complexity index is 1010. The summed E-state index contributed by atoms with van der Waals surface area (Å²) in [4.78, 5) is 0.213. The van der Waals surface area contributed by atoms with Crippen LogP contribution in [0.5, 0.6) is 0 Å². The van der Waals surface area contributed by atoms with Gasteiger partial charge in [0.1, 0.15) is 0 Å². The monoisotopic (exact) mass is 422 g/mol. The first-order chi connectivity index (χ1) is 13.2. The molecule has 1 aliphatic rings. The second kappa shape index (κ2) is 8.32. The van der Waals surface area contributed by atoms with Crippen molar-refractivity contribution < 1.29 is 16.8 Å². The molecule has 2 aromatic rings. The summed E-state index contributed by atoms with van der Waals surface area (Å²) in [6.07, 6.45) is 6.07. The molecule has 0 bridgehead atoms. The van der Waals surface area contributed by atoms with Crippen LogP contribution in [0.3, 0.4) is 0 Å². The quantitative estimate of drug-likeness (QED) is 0.744. The number of rotatable bonds is 6. The molecular weight excluding hydrogens is 396 g/mol. The molecule has 2 aromatic carbocycles. The first kappa shape index (κ1) is 21.0. The summed E-state index contributed by atoms with van der Waals surface area (Å²) in [5, 5.41) is 5.09. The number of nitrogens with one attached hydrogen (secondary N) is 1. The predicted octanol–water partition coefficient (Wildman–Crippen LogP) is 3.42. The Kier molecular flexibility index (Phi) is 6.24. The third-order valence-electron chi connectivity index (χ3n) is 5.31. The number of nitrogens with two attached hydrogens (primary N) is 1. The van der Waals surface area contributed by atoms with E-state index in [1.54, 1.807) is 31.2 Å². The summed E-state index contributed by atoms with van der Waals surface area (Å²) in [5.74, 6) is 0.523. The number of benzene rings is 2. The number of primary sulfonamides is 1. The van der Waals surface area contributed by atoms with Crippen molar-refractivity contribution in [1.29, 1.82) is 0 Å². The highest BCUT2D eigenvalue weighted by Gasteiger charge is 2.20. The first-order valence-corrected chi connectivity index (χ1v) is 12.4. The molecule has 0 amide bonds. The summed E-state index contributed by atoms with van der Waals surface area (Å²) in [6.45, 7) is 1.71. The van der Waals surface area contributed by atoms with Gasteiger partial charge in [-0.1, -0.05) is 43.5 Å². The van der Waals surface area contributed by atoms with Crippen molar-refractivity contribution in [2.45, 2.75) is 60.8 Å². The highest BCUT2D eigenvalue weighted by atomic mass is 32.2. The van der Waals surface area contributed by atoms with Gasteiger partial charge >= 0.3 is 0 Å². The van der Waals surface area contributed by atoms with Crippen LogP contribution in [-0.2, 0) is 20.0 Å². The summed E-state index contributed by atoms with van der Waals surface area (Å²) < 4.78 is 50.7. The van der Waals surface area contributed by atoms with Crippen molar-refractivity contribution in [3.63, 3.8) is 0 Å². The Morgan fingerprint density at radius 2 is 1.39 bits per heavy atom. The molecule has 1 fully saturated rings. The molecule has 8 heteroatoms. The van der Waals surface area contributed by atoms with Crippen LogP contribution in [0.4, 0.5) is 0 Å². The minimum absolute atomic E-state index is 0.00962. The molecule has 0 unspecified atom stereocenters. The zero-order chi connectivity index (χ0) is 20.4. The maximum Gasteiger partial charge on any atom is 0.241 e. The molecule has 0 radical (unpaired) electrons. The van der Waals surface area contributed by atoms with E-state index in [1.165, 1.54) is 37.0 Å². The molecule has 0 saturated heterocycles. The van der Waals surface area contributed by atoms with Crippen molar-refractivity contribution in [3.05, 3.63) is 59.7 Å². The summed E-state index contributed by atoms with van der Waals surface area (Å²) in [6, 6.07) is 12.5. The summed E-state index contributed by atoms with van der Waals surface area (Å²) in [7, 11) is -7.46. The maximum absolute atomic E-state index is 12.7. The van der Waals surface area contributed by atoms with Gasteiger partial charge in [-0.05, 0) is 61.1 Å². The van der Waals surface area contributed by atoms with Gasteiger partial charge in [0, 0.05) is 6.04 Å². The van der Waals surface area contributed by atoms with Crippen molar-refractivity contribution in [2.24, 2.45) is 5.14 Å². The van der Waals surface area contributed by atoms with Crippen LogP contribution in [0.15, 0.2) is 58.3 Å². The lowest BCUT2D eigenvalue weighted by atomic mass is 9.84. The first-order valence-electron chi connectivity index (χ1n) is 9.42. The fraction of sp³-hybridized carbons (Fsp3) is 0.400. The molecule has 152 valence electrons. The van der Waals surface area contributed by atoms with E-state index in [0.29, 0.717) is 11.5 Å². The Morgan fingerprint density at radius 3 is 1.93 bits per heavy atom. The molecule has 3 rings (SSSR count). The molecule has 3 N–H and O–H groups in total. The zero-order valence-corrected chi connectivity index (χ0v) is 17.5. The van der Waals surface area contributed by atoms with Crippen LogP contribution in [0, 0.1) is 0 Å². The number of hydrogen-bond donors (Lipinski definition) is 2. The van der Waals surface area contributed by atoms with Crippen LogP contribution in [0.2, 0.25) is 0 Å². The van der Waals surface area contributed by atoms with Gasteiger partial charge in [0.15, 0.2) is 0 Å². The third-order valence-corrected chi connectivity index (χ3v) is 7.79. The highest BCUT2D eigenvalue weighted by molar-refractivity contribution is 7.89. The SMILES string of the molecule is C[C@H](NS(=O)(=O)c1ccc(C2CCCCC2)cc1)c1ccc(S(N)(=O)=O)cc1. The Hall–Kier alpha value is -1.74. The van der Waals surface area contributed by atoms with Gasteiger partial charge in [-0.3, -0.25) is 0 Å². The fourth-order valence-electron chi connectivity index (χ4n) is 3.67. The lowest BCUT2D eigenvalue weighted by molar-refractivity contribution is 0.443. The molecule has 1 saturated carbocycles. The minimum atomic E-state index is -3.78. The van der Waals surface area contributed by atoms with Crippen LogP contribution in [-0.4, -0.2) is 16.8 Å². The van der Waals surface area contributed by atoms with Crippen molar-refractivity contribution in [3.8, 4) is 0 Å². The topological polar surface area (TPSA) is 106 Å². The Labute approximate surface area is 167 Å². The van der Waals surface area contributed by atoms with Crippen LogP contribution in [0.1, 0.15) is 62.1 Å². The van der Waals surface area contributed by atoms with E-state index in [2.05, 4.69) is 4.72 Å². The number of sulfonamides is 2. The van der Waals surface area contributed by atoms with E-state index in [1.807, 2.05) is 12.1 Å². The molecule has 28 heavy (non-hydrogen) atoms. The van der Waals surface area contributed by atoms with Crippen molar-refractivity contribution >= 4 is 20.0 Å². The molecule has 0 heterocycles. The fourth-order valence-corrected chi connectivity index (χ4v) is 5.42. The smallest absolute Gasteiger partial charge is 0.225 e. The van der Waals surface area contributed by atoms with E-state index in [4.69, 9.17) is 5.14 Å². The normalized spacial score (nSPS) is 17.4. The van der Waals surface area contributed by atoms with E-state index in [-0.39, 0.29) is 9.79 Å². The zero-order valence-electron chi connectivity index (χ0n) is 15.8. The molecule has 0 aromatic heterocycles. The average molecular weight is 423 g/mol. The molecule has 6 nitrogen and oxygen atoms in total. The van der Waals surface area contributed by atoms with Gasteiger partial charge < -0.3 is 0 Å². The van der Waals surface area contributed by atoms with Gasteiger partial charge in [0.05, 0.1) is 9.79 Å². The van der Waals surface area contributed by atoms with Crippen LogP contribution in [0.25, 0.3) is 0 Å². The maximum atomic E-state index is 12.7. The highest BCUT2D eigenvalue weighted by Crippen LogP contribution is 2.33. The van der Waals surface area contributed by atoms with Crippen LogP contribution < -0.4 is 9.86 Å². The molecule has 0 aliphatic heterocycles. The summed E-state index contributed by atoms with van der Waals surface area (Å²) >= 11 is 0.